The molecule has 2 aromatic rings. The Morgan fingerprint density at radius 2 is 1.63 bits per heavy atom. The van der Waals surface area contributed by atoms with Crippen LogP contribution >= 0.6 is 0 Å². The number of para-hydroxylation sites is 1. The highest BCUT2D eigenvalue weighted by atomic mass is 32.2. The third-order valence-electron chi connectivity index (χ3n) is 4.88. The fraction of sp³-hybridized carbons (Fsp3) is 0.455. The Bertz CT molecular complexity index is 950. The Hall–Kier alpha value is -2.06. The summed E-state index contributed by atoms with van der Waals surface area (Å²) in [7, 11) is -4.36. The smallest absolute Gasteiger partial charge is 0.383 e. The van der Waals surface area contributed by atoms with Crippen molar-refractivity contribution >= 4 is 15.7 Å². The maximum absolute atomic E-state index is 13.7. The van der Waals surface area contributed by atoms with Gasteiger partial charge in [-0.15, -0.1) is 0 Å². The van der Waals surface area contributed by atoms with E-state index in [1.54, 1.807) is 38.1 Å². The summed E-state index contributed by atoms with van der Waals surface area (Å²) in [5, 5.41) is 2.79. The van der Waals surface area contributed by atoms with Gasteiger partial charge >= 0.3 is 6.18 Å². The number of benzene rings is 2. The summed E-state index contributed by atoms with van der Waals surface area (Å²) in [6, 6.07) is 8.18. The molecular formula is C22H29F3N2O2S. The van der Waals surface area contributed by atoms with Gasteiger partial charge in [-0.1, -0.05) is 49.2 Å². The second-order valence-corrected chi connectivity index (χ2v) is 9.24. The van der Waals surface area contributed by atoms with Crippen LogP contribution in [-0.2, 0) is 16.4 Å². The summed E-state index contributed by atoms with van der Waals surface area (Å²) in [5.74, 6) is 0. The van der Waals surface area contributed by atoms with Crippen LogP contribution in [0.15, 0.2) is 41.3 Å². The molecule has 1 atom stereocenters. The van der Waals surface area contributed by atoms with Crippen LogP contribution in [0.25, 0.3) is 0 Å². The lowest BCUT2D eigenvalue weighted by Crippen LogP contribution is -2.49. The van der Waals surface area contributed by atoms with Crippen LogP contribution in [0.5, 0.6) is 0 Å². The predicted octanol–water partition coefficient (Wildman–Crippen LogP) is 5.28. The van der Waals surface area contributed by atoms with Gasteiger partial charge in [0.05, 0.1) is 4.90 Å². The molecule has 0 saturated carbocycles. The van der Waals surface area contributed by atoms with Gasteiger partial charge in [0.25, 0.3) is 0 Å². The standard InChI is InChI=1S/C22H29F3N2O2S/c1-5-6-9-18-10-7-8-11-19(18)26-14-20(22(23,24)25)27-30(28,29)21-16(3)12-15(2)13-17(21)4/h7-8,10-13,20,26-27H,5-6,9,14H2,1-4H3. The number of sulfonamides is 1. The third kappa shape index (κ3) is 6.22. The van der Waals surface area contributed by atoms with E-state index >= 15 is 0 Å². The number of unbranched alkanes of at least 4 members (excludes halogenated alkanes) is 1. The highest BCUT2D eigenvalue weighted by Crippen LogP contribution is 2.27. The quantitative estimate of drug-likeness (QED) is 0.556. The topological polar surface area (TPSA) is 58.2 Å². The van der Waals surface area contributed by atoms with E-state index in [2.05, 4.69) is 5.32 Å². The first kappa shape index (κ1) is 24.2. The second-order valence-electron chi connectivity index (χ2n) is 7.58. The Morgan fingerprint density at radius 3 is 2.20 bits per heavy atom. The molecule has 2 N–H and O–H groups in total. The summed E-state index contributed by atoms with van der Waals surface area (Å²) < 4.78 is 68.5. The van der Waals surface area contributed by atoms with Crippen molar-refractivity contribution in [3.8, 4) is 0 Å². The van der Waals surface area contributed by atoms with E-state index in [0.717, 1.165) is 30.4 Å². The number of anilines is 1. The number of nitrogens with one attached hydrogen (secondary N) is 2. The van der Waals surface area contributed by atoms with Crippen LogP contribution in [0.1, 0.15) is 42.0 Å². The van der Waals surface area contributed by atoms with Gasteiger partial charge < -0.3 is 5.32 Å². The molecule has 2 rings (SSSR count). The molecule has 0 fully saturated rings. The zero-order chi connectivity index (χ0) is 22.5. The van der Waals surface area contributed by atoms with Crippen molar-refractivity contribution in [1.29, 1.82) is 0 Å². The van der Waals surface area contributed by atoms with Crippen molar-refractivity contribution in [2.24, 2.45) is 0 Å². The molecule has 0 heterocycles. The Balaban J connectivity index is 2.26. The van der Waals surface area contributed by atoms with Gasteiger partial charge in [-0.05, 0) is 56.4 Å². The minimum atomic E-state index is -4.75. The van der Waals surface area contributed by atoms with E-state index in [9.17, 15) is 21.6 Å². The first-order valence-electron chi connectivity index (χ1n) is 9.94. The Kier molecular flexibility index (Phi) is 7.93. The van der Waals surface area contributed by atoms with Crippen molar-refractivity contribution in [1.82, 2.24) is 4.72 Å². The Morgan fingerprint density at radius 1 is 1.03 bits per heavy atom. The average Bonchev–Trinajstić information content (AvgIpc) is 2.62. The number of rotatable bonds is 9. The first-order chi connectivity index (χ1) is 14.0. The minimum Gasteiger partial charge on any atom is -0.383 e. The summed E-state index contributed by atoms with van der Waals surface area (Å²) >= 11 is 0. The van der Waals surface area contributed by atoms with Gasteiger partial charge in [0.1, 0.15) is 6.04 Å². The molecule has 0 aliphatic carbocycles. The van der Waals surface area contributed by atoms with E-state index in [1.807, 2.05) is 30.7 Å². The average molecular weight is 443 g/mol. The molecule has 0 bridgehead atoms. The predicted molar refractivity (Wildman–Crippen MR) is 114 cm³/mol. The number of halogens is 3. The number of hydrogen-bond donors (Lipinski definition) is 2. The van der Waals surface area contributed by atoms with Crippen LogP contribution in [0.3, 0.4) is 0 Å². The molecule has 0 amide bonds. The summed E-state index contributed by atoms with van der Waals surface area (Å²) in [4.78, 5) is -0.106. The molecule has 0 aliphatic rings. The molecule has 0 aliphatic heterocycles. The van der Waals surface area contributed by atoms with Gasteiger partial charge in [0, 0.05) is 12.2 Å². The molecule has 1 unspecified atom stereocenters. The summed E-state index contributed by atoms with van der Waals surface area (Å²) in [5.41, 5.74) is 3.18. The fourth-order valence-corrected chi connectivity index (χ4v) is 5.23. The SMILES string of the molecule is CCCCc1ccccc1NCC(NS(=O)(=O)c1c(C)cc(C)cc1C)C(F)(F)F. The maximum atomic E-state index is 13.7. The van der Waals surface area contributed by atoms with Crippen LogP contribution in [0.4, 0.5) is 18.9 Å². The van der Waals surface area contributed by atoms with E-state index in [1.165, 1.54) is 0 Å². The number of aryl methyl sites for hydroxylation is 4. The Labute approximate surface area is 176 Å². The van der Waals surface area contributed by atoms with Crippen LogP contribution in [0, 0.1) is 20.8 Å². The molecule has 2 aromatic carbocycles. The summed E-state index contributed by atoms with van der Waals surface area (Å²) in [6.07, 6.45) is -2.12. The van der Waals surface area contributed by atoms with E-state index in [-0.39, 0.29) is 4.90 Å². The molecule has 166 valence electrons. The van der Waals surface area contributed by atoms with Gasteiger partial charge in [-0.2, -0.15) is 17.9 Å². The lowest BCUT2D eigenvalue weighted by Gasteiger charge is -2.24. The highest BCUT2D eigenvalue weighted by molar-refractivity contribution is 7.89. The van der Waals surface area contributed by atoms with Crippen molar-refractivity contribution in [2.75, 3.05) is 11.9 Å². The van der Waals surface area contributed by atoms with Gasteiger partial charge in [0.2, 0.25) is 10.0 Å². The van der Waals surface area contributed by atoms with Crippen molar-refractivity contribution in [3.05, 3.63) is 58.7 Å². The third-order valence-corrected chi connectivity index (χ3v) is 6.66. The normalized spacial score (nSPS) is 13.3. The van der Waals surface area contributed by atoms with E-state index in [4.69, 9.17) is 0 Å². The maximum Gasteiger partial charge on any atom is 0.406 e. The fourth-order valence-electron chi connectivity index (χ4n) is 3.55. The van der Waals surface area contributed by atoms with Crippen LogP contribution in [0.2, 0.25) is 0 Å². The van der Waals surface area contributed by atoms with Crippen LogP contribution < -0.4 is 10.0 Å². The molecular weight excluding hydrogens is 413 g/mol. The van der Waals surface area contributed by atoms with Gasteiger partial charge in [0.15, 0.2) is 0 Å². The first-order valence-corrected chi connectivity index (χ1v) is 11.4. The second kappa shape index (κ2) is 9.83. The number of alkyl halides is 3. The largest absolute Gasteiger partial charge is 0.406 e. The lowest BCUT2D eigenvalue weighted by atomic mass is 10.1. The molecule has 0 saturated heterocycles. The molecule has 30 heavy (non-hydrogen) atoms. The van der Waals surface area contributed by atoms with Gasteiger partial charge in [-0.25, -0.2) is 8.42 Å². The lowest BCUT2D eigenvalue weighted by molar-refractivity contribution is -0.148. The molecule has 4 nitrogen and oxygen atoms in total. The molecule has 0 radical (unpaired) electrons. The minimum absolute atomic E-state index is 0.106. The molecule has 0 aromatic heterocycles. The van der Waals surface area contributed by atoms with Crippen molar-refractivity contribution in [3.63, 3.8) is 0 Å². The molecule has 0 spiro atoms. The zero-order valence-corrected chi connectivity index (χ0v) is 18.5. The number of hydrogen-bond acceptors (Lipinski definition) is 3. The zero-order valence-electron chi connectivity index (χ0n) is 17.7. The van der Waals surface area contributed by atoms with Crippen molar-refractivity contribution < 1.29 is 21.6 Å². The van der Waals surface area contributed by atoms with Crippen LogP contribution in [-0.4, -0.2) is 27.2 Å². The monoisotopic (exact) mass is 442 g/mol. The summed E-state index contributed by atoms with van der Waals surface area (Å²) in [6.45, 7) is 6.41. The van der Waals surface area contributed by atoms with Crippen molar-refractivity contribution in [2.45, 2.75) is 64.1 Å². The van der Waals surface area contributed by atoms with E-state index < -0.39 is 28.8 Å². The highest BCUT2D eigenvalue weighted by Gasteiger charge is 2.42. The van der Waals surface area contributed by atoms with E-state index in [0.29, 0.717) is 16.8 Å². The molecule has 8 heteroatoms. The van der Waals surface area contributed by atoms with Gasteiger partial charge in [-0.3, -0.25) is 0 Å².